The molecule has 1 N–H and O–H groups in total. The molecule has 6 nitrogen and oxygen atoms in total. The Balaban J connectivity index is 1.42. The van der Waals surface area contributed by atoms with Gasteiger partial charge in [0.2, 0.25) is 11.8 Å². The van der Waals surface area contributed by atoms with Gasteiger partial charge in [0.1, 0.15) is 0 Å². The summed E-state index contributed by atoms with van der Waals surface area (Å²) >= 11 is 0. The summed E-state index contributed by atoms with van der Waals surface area (Å²) in [5, 5.41) is 3.50. The van der Waals surface area contributed by atoms with Gasteiger partial charge in [-0.25, -0.2) is 0 Å². The highest BCUT2D eigenvalue weighted by Crippen LogP contribution is 2.30. The van der Waals surface area contributed by atoms with Crippen molar-refractivity contribution < 1.29 is 9.59 Å². The van der Waals surface area contributed by atoms with Gasteiger partial charge in [0, 0.05) is 67.7 Å². The third-order valence-corrected chi connectivity index (χ3v) is 6.75. The lowest BCUT2D eigenvalue weighted by molar-refractivity contribution is -0.141. The molecule has 32 heavy (non-hydrogen) atoms. The van der Waals surface area contributed by atoms with Gasteiger partial charge in [0.15, 0.2) is 0 Å². The predicted octanol–water partition coefficient (Wildman–Crippen LogP) is 4.41. The van der Waals surface area contributed by atoms with E-state index in [-0.39, 0.29) is 23.7 Å². The van der Waals surface area contributed by atoms with Crippen LogP contribution in [0.1, 0.15) is 55.5 Å². The predicted molar refractivity (Wildman–Crippen MR) is 127 cm³/mol. The lowest BCUT2D eigenvalue weighted by Crippen LogP contribution is -2.46. The van der Waals surface area contributed by atoms with Crippen LogP contribution < -0.4 is 5.32 Å². The molecule has 170 valence electrons. The van der Waals surface area contributed by atoms with Crippen LogP contribution in [0, 0.1) is 19.8 Å². The lowest BCUT2D eigenvalue weighted by atomic mass is 9.90. The van der Waals surface area contributed by atoms with Crippen molar-refractivity contribution in [2.45, 2.75) is 52.4 Å². The van der Waals surface area contributed by atoms with Gasteiger partial charge in [-0.2, -0.15) is 0 Å². The first-order valence-electron chi connectivity index (χ1n) is 11.8. The Morgan fingerprint density at radius 1 is 0.938 bits per heavy atom. The van der Waals surface area contributed by atoms with E-state index in [0.29, 0.717) is 13.1 Å². The van der Waals surface area contributed by atoms with Gasteiger partial charge in [0.25, 0.3) is 0 Å². The van der Waals surface area contributed by atoms with Crippen LogP contribution in [0.15, 0.2) is 36.4 Å². The van der Waals surface area contributed by atoms with Crippen LogP contribution in [-0.2, 0) is 9.59 Å². The summed E-state index contributed by atoms with van der Waals surface area (Å²) in [6, 6.07) is 12.6. The second-order valence-electron chi connectivity index (χ2n) is 9.32. The number of aromatic nitrogens is 1. The zero-order valence-electron chi connectivity index (χ0n) is 19.4. The van der Waals surface area contributed by atoms with Crippen molar-refractivity contribution in [3.63, 3.8) is 0 Å². The molecule has 3 heterocycles. The molecule has 6 heteroatoms. The molecule has 2 saturated heterocycles. The first-order valence-corrected chi connectivity index (χ1v) is 11.8. The number of pyridine rings is 1. The van der Waals surface area contributed by atoms with E-state index >= 15 is 0 Å². The van der Waals surface area contributed by atoms with Gasteiger partial charge >= 0.3 is 0 Å². The van der Waals surface area contributed by atoms with Gasteiger partial charge in [-0.3, -0.25) is 14.6 Å². The van der Waals surface area contributed by atoms with Gasteiger partial charge in [-0.05, 0) is 63.8 Å². The summed E-state index contributed by atoms with van der Waals surface area (Å²) in [7, 11) is 0. The molecule has 2 fully saturated rings. The summed E-state index contributed by atoms with van der Waals surface area (Å²) < 4.78 is 0. The third kappa shape index (κ3) is 5.29. The molecule has 0 saturated carbocycles. The van der Waals surface area contributed by atoms with Crippen molar-refractivity contribution in [2.75, 3.05) is 31.5 Å². The molecule has 0 unspecified atom stereocenters. The van der Waals surface area contributed by atoms with Gasteiger partial charge < -0.3 is 15.1 Å². The second-order valence-corrected chi connectivity index (χ2v) is 9.32. The highest BCUT2D eigenvalue weighted by molar-refractivity contribution is 5.80. The van der Waals surface area contributed by atoms with E-state index in [4.69, 9.17) is 4.98 Å². The fourth-order valence-electron chi connectivity index (χ4n) is 4.90. The smallest absolute Gasteiger partial charge is 0.225 e. The molecule has 2 aliphatic rings. The molecule has 0 bridgehead atoms. The number of carbonyl (C=O) groups is 2. The molecule has 1 atom stereocenters. The maximum atomic E-state index is 13.2. The number of nitrogens with one attached hydrogen (secondary N) is 1. The SMILES string of the molecule is CC(=O)N1CCC(C(=O)N2CCC[C@@H](c3cc(Nc4ccc(C)cc4)cc(C)n3)C2)CC1. The normalized spacial score (nSPS) is 19.7. The minimum atomic E-state index is 0.0357. The number of benzene rings is 1. The summed E-state index contributed by atoms with van der Waals surface area (Å²) in [6.45, 7) is 8.65. The standard InChI is InChI=1S/C26H34N4O2/c1-18-6-8-23(9-7-18)28-24-15-19(2)27-25(16-24)22-5-4-12-30(17-22)26(32)21-10-13-29(14-11-21)20(3)31/h6-9,15-16,21-22H,4-5,10-14,17H2,1-3H3,(H,27,28)/t22-/m1/s1. The molecule has 2 aliphatic heterocycles. The molecular weight excluding hydrogens is 400 g/mol. The van der Waals surface area contributed by atoms with Crippen molar-refractivity contribution in [3.8, 4) is 0 Å². The van der Waals surface area contributed by atoms with Crippen LogP contribution in [0.2, 0.25) is 0 Å². The molecular formula is C26H34N4O2. The first-order chi connectivity index (χ1) is 15.4. The number of hydrogen-bond donors (Lipinski definition) is 1. The molecule has 0 radical (unpaired) electrons. The van der Waals surface area contributed by atoms with Crippen LogP contribution in [0.25, 0.3) is 0 Å². The quantitative estimate of drug-likeness (QED) is 0.774. The van der Waals surface area contributed by atoms with Crippen LogP contribution in [0.4, 0.5) is 11.4 Å². The zero-order valence-corrected chi connectivity index (χ0v) is 19.4. The fourth-order valence-corrected chi connectivity index (χ4v) is 4.90. The Bertz CT molecular complexity index is 964. The molecule has 0 spiro atoms. The van der Waals surface area contributed by atoms with Crippen LogP contribution in [0.3, 0.4) is 0 Å². The van der Waals surface area contributed by atoms with Gasteiger partial charge in [-0.1, -0.05) is 17.7 Å². The van der Waals surface area contributed by atoms with E-state index in [0.717, 1.165) is 61.5 Å². The van der Waals surface area contributed by atoms with Crippen molar-refractivity contribution >= 4 is 23.2 Å². The number of rotatable bonds is 4. The number of anilines is 2. The molecule has 0 aliphatic carbocycles. The van der Waals surface area contributed by atoms with Crippen LogP contribution in [0.5, 0.6) is 0 Å². The van der Waals surface area contributed by atoms with Crippen LogP contribution in [-0.4, -0.2) is 52.8 Å². The number of piperidine rings is 2. The zero-order chi connectivity index (χ0) is 22.7. The van der Waals surface area contributed by atoms with E-state index in [1.807, 2.05) is 16.7 Å². The van der Waals surface area contributed by atoms with Crippen molar-refractivity contribution in [2.24, 2.45) is 5.92 Å². The Labute approximate surface area is 191 Å². The summed E-state index contributed by atoms with van der Waals surface area (Å²) in [5.74, 6) is 0.648. The average Bonchev–Trinajstić information content (AvgIpc) is 2.80. The van der Waals surface area contributed by atoms with Crippen molar-refractivity contribution in [1.29, 1.82) is 0 Å². The summed E-state index contributed by atoms with van der Waals surface area (Å²) in [5.41, 5.74) is 5.38. The molecule has 1 aromatic carbocycles. The topological polar surface area (TPSA) is 65.5 Å². The molecule has 2 aromatic rings. The summed E-state index contributed by atoms with van der Waals surface area (Å²) in [4.78, 5) is 33.5. The number of hydrogen-bond acceptors (Lipinski definition) is 4. The number of likely N-dealkylation sites (tertiary alicyclic amines) is 2. The van der Waals surface area contributed by atoms with Crippen LogP contribution >= 0.6 is 0 Å². The number of amides is 2. The van der Waals surface area contributed by atoms with E-state index < -0.39 is 0 Å². The molecule has 2 amide bonds. The minimum Gasteiger partial charge on any atom is -0.355 e. The van der Waals surface area contributed by atoms with Crippen molar-refractivity contribution in [3.05, 3.63) is 53.3 Å². The van der Waals surface area contributed by atoms with Gasteiger partial charge in [0.05, 0.1) is 0 Å². The lowest BCUT2D eigenvalue weighted by Gasteiger charge is -2.37. The van der Waals surface area contributed by atoms with Gasteiger partial charge in [-0.15, -0.1) is 0 Å². The van der Waals surface area contributed by atoms with E-state index in [1.54, 1.807) is 6.92 Å². The third-order valence-electron chi connectivity index (χ3n) is 6.75. The molecule has 4 rings (SSSR count). The summed E-state index contributed by atoms with van der Waals surface area (Å²) in [6.07, 6.45) is 3.59. The van der Waals surface area contributed by atoms with E-state index in [1.165, 1.54) is 5.56 Å². The maximum Gasteiger partial charge on any atom is 0.225 e. The average molecular weight is 435 g/mol. The Morgan fingerprint density at radius 2 is 1.66 bits per heavy atom. The number of aryl methyl sites for hydroxylation is 2. The first kappa shape index (κ1) is 22.3. The largest absolute Gasteiger partial charge is 0.355 e. The Kier molecular flexibility index (Phi) is 6.77. The maximum absolute atomic E-state index is 13.2. The Hall–Kier alpha value is -2.89. The second kappa shape index (κ2) is 9.72. The van der Waals surface area contributed by atoms with E-state index in [2.05, 4.69) is 48.6 Å². The highest BCUT2D eigenvalue weighted by atomic mass is 16.2. The molecule has 1 aromatic heterocycles. The number of nitrogens with zero attached hydrogens (tertiary/aromatic N) is 3. The minimum absolute atomic E-state index is 0.0357. The monoisotopic (exact) mass is 434 g/mol. The fraction of sp³-hybridized carbons (Fsp3) is 0.500. The highest BCUT2D eigenvalue weighted by Gasteiger charge is 2.32. The van der Waals surface area contributed by atoms with Crippen molar-refractivity contribution in [1.82, 2.24) is 14.8 Å². The van der Waals surface area contributed by atoms with E-state index in [9.17, 15) is 9.59 Å². The number of carbonyl (C=O) groups excluding carboxylic acids is 2. The Morgan fingerprint density at radius 3 is 2.34 bits per heavy atom.